The van der Waals surface area contributed by atoms with Crippen molar-refractivity contribution in [3.63, 3.8) is 0 Å². The van der Waals surface area contributed by atoms with Gasteiger partial charge in [-0.3, -0.25) is 4.79 Å². The topological polar surface area (TPSA) is 29.5 Å². The Labute approximate surface area is 170 Å². The second-order valence-corrected chi connectivity index (χ2v) is 7.53. The summed E-state index contributed by atoms with van der Waals surface area (Å²) in [6.45, 7) is 1.50. The van der Waals surface area contributed by atoms with Crippen molar-refractivity contribution in [1.82, 2.24) is 0 Å². The Hall–Kier alpha value is -2.78. The Morgan fingerprint density at radius 1 is 0.929 bits per heavy atom. The number of benzene rings is 3. The van der Waals surface area contributed by atoms with E-state index in [0.29, 0.717) is 11.6 Å². The number of carbonyl (C=O) groups excluding carboxylic acids is 1. The Bertz CT molecular complexity index is 939. The summed E-state index contributed by atoms with van der Waals surface area (Å²) >= 11 is 6.08. The number of methoxy groups -OCH3 is 1. The molecule has 0 aromatic heterocycles. The monoisotopic (exact) mass is 391 g/mol. The second kappa shape index (κ2) is 8.07. The molecule has 0 N–H and O–H groups in total. The average molecular weight is 392 g/mol. The van der Waals surface area contributed by atoms with Gasteiger partial charge < -0.3 is 9.64 Å². The molecule has 0 saturated carbocycles. The van der Waals surface area contributed by atoms with Gasteiger partial charge in [-0.25, -0.2) is 0 Å². The van der Waals surface area contributed by atoms with Crippen LogP contribution in [0.5, 0.6) is 5.75 Å². The van der Waals surface area contributed by atoms with Crippen molar-refractivity contribution in [1.29, 1.82) is 0 Å². The predicted molar refractivity (Wildman–Crippen MR) is 114 cm³/mol. The normalized spacial score (nSPS) is 18.9. The summed E-state index contributed by atoms with van der Waals surface area (Å²) in [5.74, 6) is 0.922. The fourth-order valence-corrected chi connectivity index (χ4v) is 4.06. The molecule has 4 heteroatoms. The molecule has 0 bridgehead atoms. The largest absolute Gasteiger partial charge is 0.497 e. The number of hydrogen-bond donors (Lipinski definition) is 0. The van der Waals surface area contributed by atoms with Crippen LogP contribution in [0.15, 0.2) is 78.9 Å². The number of rotatable bonds is 5. The number of para-hydroxylation sites is 1. The van der Waals surface area contributed by atoms with Gasteiger partial charge in [-0.1, -0.05) is 41.9 Å². The van der Waals surface area contributed by atoms with E-state index in [1.54, 1.807) is 7.11 Å². The summed E-state index contributed by atoms with van der Waals surface area (Å²) in [5, 5.41) is 0.708. The van der Waals surface area contributed by atoms with Gasteiger partial charge in [0.05, 0.1) is 7.11 Å². The third-order valence-corrected chi connectivity index (χ3v) is 5.70. The molecule has 3 aromatic rings. The Morgan fingerprint density at radius 3 is 2.25 bits per heavy atom. The van der Waals surface area contributed by atoms with Crippen LogP contribution >= 0.6 is 11.6 Å². The maximum atomic E-state index is 13.4. The SMILES string of the molecule is COc1ccc(C(=O)[C@H]2CN(c3ccccc3)C[C@@H]2c2ccc(Cl)cc2)cc1. The maximum absolute atomic E-state index is 13.4. The van der Waals surface area contributed by atoms with Crippen molar-refractivity contribution < 1.29 is 9.53 Å². The number of nitrogens with zero attached hydrogens (tertiary/aromatic N) is 1. The molecule has 4 rings (SSSR count). The lowest BCUT2D eigenvalue weighted by Crippen LogP contribution is -2.23. The van der Waals surface area contributed by atoms with Crippen LogP contribution in [-0.4, -0.2) is 26.0 Å². The van der Waals surface area contributed by atoms with Gasteiger partial charge in [0, 0.05) is 41.2 Å². The molecule has 2 atom stereocenters. The first kappa shape index (κ1) is 18.6. The molecular weight excluding hydrogens is 370 g/mol. The van der Waals surface area contributed by atoms with Crippen LogP contribution in [0.1, 0.15) is 21.8 Å². The van der Waals surface area contributed by atoms with Crippen molar-refractivity contribution in [3.8, 4) is 5.75 Å². The van der Waals surface area contributed by atoms with E-state index in [2.05, 4.69) is 17.0 Å². The molecule has 0 aliphatic carbocycles. The van der Waals surface area contributed by atoms with Gasteiger partial charge in [-0.2, -0.15) is 0 Å². The number of Topliss-reactive ketones (excluding diaryl/α,β-unsaturated/α-hetero) is 1. The van der Waals surface area contributed by atoms with Crippen molar-refractivity contribution in [3.05, 3.63) is 95.0 Å². The molecular formula is C24H22ClNO2. The zero-order valence-corrected chi connectivity index (χ0v) is 16.5. The summed E-state index contributed by atoms with van der Waals surface area (Å²) in [4.78, 5) is 15.7. The summed E-state index contributed by atoms with van der Waals surface area (Å²) in [7, 11) is 1.63. The molecule has 28 heavy (non-hydrogen) atoms. The van der Waals surface area contributed by atoms with Crippen LogP contribution < -0.4 is 9.64 Å². The van der Waals surface area contributed by atoms with Crippen LogP contribution in [-0.2, 0) is 0 Å². The average Bonchev–Trinajstić information content (AvgIpc) is 3.20. The van der Waals surface area contributed by atoms with Crippen LogP contribution in [0.4, 0.5) is 5.69 Å². The van der Waals surface area contributed by atoms with Gasteiger partial charge in [0.15, 0.2) is 5.78 Å². The molecule has 3 aromatic carbocycles. The summed E-state index contributed by atoms with van der Waals surface area (Å²) in [6, 6.07) is 25.5. The van der Waals surface area contributed by atoms with Crippen LogP contribution in [0.3, 0.4) is 0 Å². The zero-order chi connectivity index (χ0) is 19.5. The zero-order valence-electron chi connectivity index (χ0n) is 15.7. The highest BCUT2D eigenvalue weighted by Crippen LogP contribution is 2.37. The summed E-state index contributed by atoms with van der Waals surface area (Å²) in [6.07, 6.45) is 0. The van der Waals surface area contributed by atoms with Crippen LogP contribution in [0.2, 0.25) is 5.02 Å². The van der Waals surface area contributed by atoms with Crippen LogP contribution in [0, 0.1) is 5.92 Å². The summed E-state index contributed by atoms with van der Waals surface area (Å²) < 4.78 is 5.22. The van der Waals surface area contributed by atoms with Gasteiger partial charge >= 0.3 is 0 Å². The Balaban J connectivity index is 1.66. The van der Waals surface area contributed by atoms with E-state index >= 15 is 0 Å². The number of ether oxygens (including phenoxy) is 1. The number of halogens is 1. The number of carbonyl (C=O) groups is 1. The molecule has 1 saturated heterocycles. The highest BCUT2D eigenvalue weighted by Gasteiger charge is 2.38. The van der Waals surface area contributed by atoms with Gasteiger partial charge in [-0.05, 0) is 54.1 Å². The molecule has 1 aliphatic rings. The first-order valence-electron chi connectivity index (χ1n) is 9.39. The van der Waals surface area contributed by atoms with E-state index in [-0.39, 0.29) is 17.6 Å². The van der Waals surface area contributed by atoms with Crippen molar-refractivity contribution >= 4 is 23.1 Å². The molecule has 0 amide bonds. The highest BCUT2D eigenvalue weighted by atomic mass is 35.5. The molecule has 142 valence electrons. The van der Waals surface area contributed by atoms with Crippen molar-refractivity contribution in [2.24, 2.45) is 5.92 Å². The van der Waals surface area contributed by atoms with Gasteiger partial charge in [0.1, 0.15) is 5.75 Å². The predicted octanol–water partition coefficient (Wildman–Crippen LogP) is 5.45. The Morgan fingerprint density at radius 2 is 1.61 bits per heavy atom. The van der Waals surface area contributed by atoms with E-state index in [1.807, 2.05) is 66.7 Å². The minimum Gasteiger partial charge on any atom is -0.497 e. The maximum Gasteiger partial charge on any atom is 0.168 e. The lowest BCUT2D eigenvalue weighted by Gasteiger charge is -2.18. The second-order valence-electron chi connectivity index (χ2n) is 7.10. The highest BCUT2D eigenvalue weighted by molar-refractivity contribution is 6.30. The van der Waals surface area contributed by atoms with Gasteiger partial charge in [-0.15, -0.1) is 0 Å². The molecule has 0 spiro atoms. The van der Waals surface area contributed by atoms with Crippen molar-refractivity contribution in [2.75, 3.05) is 25.1 Å². The van der Waals surface area contributed by atoms with E-state index in [1.165, 1.54) is 0 Å². The first-order valence-corrected chi connectivity index (χ1v) is 9.77. The van der Waals surface area contributed by atoms with Crippen LogP contribution in [0.25, 0.3) is 0 Å². The molecule has 0 unspecified atom stereocenters. The third kappa shape index (κ3) is 3.76. The number of hydrogen-bond acceptors (Lipinski definition) is 3. The lowest BCUT2D eigenvalue weighted by molar-refractivity contribution is 0.0921. The first-order chi connectivity index (χ1) is 13.7. The van der Waals surface area contributed by atoms with Gasteiger partial charge in [0.25, 0.3) is 0 Å². The van der Waals surface area contributed by atoms with Crippen molar-refractivity contribution in [2.45, 2.75) is 5.92 Å². The minimum absolute atomic E-state index is 0.116. The third-order valence-electron chi connectivity index (χ3n) is 5.45. The smallest absolute Gasteiger partial charge is 0.168 e. The number of ketones is 1. The van der Waals surface area contributed by atoms with E-state index in [4.69, 9.17) is 16.3 Å². The molecule has 3 nitrogen and oxygen atoms in total. The molecule has 1 fully saturated rings. The fourth-order valence-electron chi connectivity index (χ4n) is 3.94. The van der Waals surface area contributed by atoms with E-state index in [9.17, 15) is 4.79 Å². The molecule has 0 radical (unpaired) electrons. The minimum atomic E-state index is -0.116. The molecule has 1 aliphatic heterocycles. The lowest BCUT2D eigenvalue weighted by atomic mass is 9.84. The quantitative estimate of drug-likeness (QED) is 0.541. The Kier molecular flexibility index (Phi) is 5.36. The molecule has 1 heterocycles. The fraction of sp³-hybridized carbons (Fsp3) is 0.208. The van der Waals surface area contributed by atoms with Gasteiger partial charge in [0.2, 0.25) is 0 Å². The van der Waals surface area contributed by atoms with E-state index in [0.717, 1.165) is 29.1 Å². The summed E-state index contributed by atoms with van der Waals surface area (Å²) in [5.41, 5.74) is 3.01. The standard InChI is InChI=1S/C24H22ClNO2/c1-28-21-13-9-18(10-14-21)24(27)23-16-26(20-5-3-2-4-6-20)15-22(23)17-7-11-19(25)12-8-17/h2-14,22-23H,15-16H2,1H3/t22-,23+/m1/s1. The number of anilines is 1. The van der Waals surface area contributed by atoms with E-state index < -0.39 is 0 Å².